The molecule has 0 aromatic carbocycles. The van der Waals surface area contributed by atoms with E-state index in [1.165, 1.54) is 0 Å². The Morgan fingerprint density at radius 1 is 1.38 bits per heavy atom. The van der Waals surface area contributed by atoms with Crippen molar-refractivity contribution in [3.05, 3.63) is 18.6 Å². The SMILES string of the molecule is CSCC(=O)N1CC2CC(N(C)c3ncnc4[nH]ccc34)CC2C1. The summed E-state index contributed by atoms with van der Waals surface area (Å²) < 4.78 is 0. The molecule has 2 unspecified atom stereocenters. The first-order valence-electron chi connectivity index (χ1n) is 8.45. The highest BCUT2D eigenvalue weighted by Gasteiger charge is 2.43. The van der Waals surface area contributed by atoms with Crippen molar-refractivity contribution < 1.29 is 4.79 Å². The average molecular weight is 345 g/mol. The van der Waals surface area contributed by atoms with E-state index in [0.29, 0.717) is 29.5 Å². The third-order valence-electron chi connectivity index (χ3n) is 5.56. The second-order valence-corrected chi connectivity index (χ2v) is 7.79. The van der Waals surface area contributed by atoms with Crippen LogP contribution < -0.4 is 4.90 Å². The van der Waals surface area contributed by atoms with Crippen molar-refractivity contribution in [2.24, 2.45) is 11.8 Å². The Kier molecular flexibility index (Phi) is 4.12. The average Bonchev–Trinajstić information content (AvgIpc) is 3.27. The first kappa shape index (κ1) is 15.7. The molecule has 2 fully saturated rings. The van der Waals surface area contributed by atoms with Crippen LogP contribution in [-0.4, -0.2) is 63.9 Å². The number of H-pyrrole nitrogens is 1. The molecule has 2 aromatic rings. The first-order valence-corrected chi connectivity index (χ1v) is 9.84. The zero-order valence-corrected chi connectivity index (χ0v) is 14.9. The van der Waals surface area contributed by atoms with Crippen LogP contribution in [-0.2, 0) is 4.79 Å². The number of aromatic amines is 1. The van der Waals surface area contributed by atoms with Gasteiger partial charge in [-0.3, -0.25) is 4.79 Å². The fourth-order valence-corrected chi connectivity index (χ4v) is 4.74. The zero-order chi connectivity index (χ0) is 16.7. The Morgan fingerprint density at radius 2 is 2.12 bits per heavy atom. The van der Waals surface area contributed by atoms with Crippen molar-refractivity contribution in [1.29, 1.82) is 0 Å². The minimum Gasteiger partial charge on any atom is -0.356 e. The summed E-state index contributed by atoms with van der Waals surface area (Å²) in [7, 11) is 2.14. The number of anilines is 1. The lowest BCUT2D eigenvalue weighted by atomic mass is 10.0. The Hall–Kier alpha value is -1.76. The standard InChI is InChI=1S/C17H23N5OS/c1-21(17-14-3-4-18-16(14)19-10-20-17)13-5-11-7-22(8-12(11)6-13)15(23)9-24-2/h3-4,10-13H,5-9H2,1-2H3,(H,18,19,20). The number of nitrogens with zero attached hydrogens (tertiary/aromatic N) is 4. The molecule has 1 saturated carbocycles. The van der Waals surface area contributed by atoms with Crippen molar-refractivity contribution in [1.82, 2.24) is 19.9 Å². The van der Waals surface area contributed by atoms with Gasteiger partial charge in [0.2, 0.25) is 5.91 Å². The molecular weight excluding hydrogens is 322 g/mol. The van der Waals surface area contributed by atoms with Gasteiger partial charge >= 0.3 is 0 Å². The minimum absolute atomic E-state index is 0.298. The third-order valence-corrected chi connectivity index (χ3v) is 6.10. The molecule has 2 aliphatic rings. The van der Waals surface area contributed by atoms with Crippen LogP contribution in [0.25, 0.3) is 11.0 Å². The van der Waals surface area contributed by atoms with Crippen LogP contribution >= 0.6 is 11.8 Å². The number of hydrogen-bond acceptors (Lipinski definition) is 5. The molecular formula is C17H23N5OS. The second kappa shape index (κ2) is 6.27. The lowest BCUT2D eigenvalue weighted by Crippen LogP contribution is -2.35. The molecule has 0 radical (unpaired) electrons. The number of carbonyl (C=O) groups excluding carboxylic acids is 1. The Morgan fingerprint density at radius 3 is 2.83 bits per heavy atom. The van der Waals surface area contributed by atoms with E-state index >= 15 is 0 Å². The minimum atomic E-state index is 0.298. The molecule has 1 saturated heterocycles. The molecule has 1 N–H and O–H groups in total. The molecule has 2 aromatic heterocycles. The van der Waals surface area contributed by atoms with Gasteiger partial charge in [-0.2, -0.15) is 11.8 Å². The maximum atomic E-state index is 12.1. The van der Waals surface area contributed by atoms with Crippen LogP contribution in [0.1, 0.15) is 12.8 Å². The van der Waals surface area contributed by atoms with Gasteiger partial charge in [0.25, 0.3) is 0 Å². The van der Waals surface area contributed by atoms with Crippen LogP contribution in [0.15, 0.2) is 18.6 Å². The molecule has 1 aliphatic heterocycles. The van der Waals surface area contributed by atoms with Crippen molar-refractivity contribution in [2.75, 3.05) is 37.0 Å². The largest absolute Gasteiger partial charge is 0.356 e. The molecule has 7 heteroatoms. The van der Waals surface area contributed by atoms with Crippen LogP contribution in [0, 0.1) is 11.8 Å². The van der Waals surface area contributed by atoms with E-state index in [4.69, 9.17) is 0 Å². The van der Waals surface area contributed by atoms with Crippen LogP contribution in [0.4, 0.5) is 5.82 Å². The van der Waals surface area contributed by atoms with Gasteiger partial charge in [0, 0.05) is 32.4 Å². The van der Waals surface area contributed by atoms with Crippen molar-refractivity contribution >= 4 is 34.5 Å². The maximum absolute atomic E-state index is 12.1. The maximum Gasteiger partial charge on any atom is 0.232 e. The van der Waals surface area contributed by atoms with E-state index in [-0.39, 0.29) is 0 Å². The van der Waals surface area contributed by atoms with Gasteiger partial charge in [0.1, 0.15) is 17.8 Å². The zero-order valence-electron chi connectivity index (χ0n) is 14.1. The van der Waals surface area contributed by atoms with E-state index in [9.17, 15) is 4.79 Å². The smallest absolute Gasteiger partial charge is 0.232 e. The van der Waals surface area contributed by atoms with Crippen molar-refractivity contribution in [2.45, 2.75) is 18.9 Å². The summed E-state index contributed by atoms with van der Waals surface area (Å²) in [6.07, 6.45) is 7.81. The molecule has 24 heavy (non-hydrogen) atoms. The van der Waals surface area contributed by atoms with E-state index in [1.807, 2.05) is 18.5 Å². The highest BCUT2D eigenvalue weighted by molar-refractivity contribution is 7.99. The molecule has 6 nitrogen and oxygen atoms in total. The van der Waals surface area contributed by atoms with Gasteiger partial charge in [0.15, 0.2) is 0 Å². The van der Waals surface area contributed by atoms with Crippen LogP contribution in [0.3, 0.4) is 0 Å². The summed E-state index contributed by atoms with van der Waals surface area (Å²) >= 11 is 1.61. The van der Waals surface area contributed by atoms with Gasteiger partial charge in [0.05, 0.1) is 11.1 Å². The molecule has 0 bridgehead atoms. The summed E-state index contributed by atoms with van der Waals surface area (Å²) in [4.78, 5) is 28.4. The monoisotopic (exact) mass is 345 g/mol. The fourth-order valence-electron chi connectivity index (χ4n) is 4.32. The highest BCUT2D eigenvalue weighted by Crippen LogP contribution is 2.41. The fraction of sp³-hybridized carbons (Fsp3) is 0.588. The van der Waals surface area contributed by atoms with Crippen molar-refractivity contribution in [3.8, 4) is 0 Å². The molecule has 4 rings (SSSR count). The molecule has 3 heterocycles. The summed E-state index contributed by atoms with van der Waals surface area (Å²) in [6, 6.07) is 2.53. The third kappa shape index (κ3) is 2.64. The second-order valence-electron chi connectivity index (χ2n) is 6.93. The normalized spacial score (nSPS) is 26.1. The van der Waals surface area contributed by atoms with E-state index in [1.54, 1.807) is 18.1 Å². The van der Waals surface area contributed by atoms with Crippen LogP contribution in [0.2, 0.25) is 0 Å². The topological polar surface area (TPSA) is 65.1 Å². The number of likely N-dealkylation sites (tertiary alicyclic amines) is 1. The molecule has 128 valence electrons. The summed E-state index contributed by atoms with van der Waals surface area (Å²) in [5.41, 5.74) is 0.888. The predicted octanol–water partition coefficient (Wildman–Crippen LogP) is 1.99. The molecule has 0 spiro atoms. The lowest BCUT2D eigenvalue weighted by molar-refractivity contribution is -0.127. The Balaban J connectivity index is 1.45. The molecule has 2 atom stereocenters. The Bertz CT molecular complexity index is 733. The van der Waals surface area contributed by atoms with E-state index in [0.717, 1.165) is 42.8 Å². The van der Waals surface area contributed by atoms with Crippen molar-refractivity contribution in [3.63, 3.8) is 0 Å². The quantitative estimate of drug-likeness (QED) is 0.918. The van der Waals surface area contributed by atoms with Gasteiger partial charge in [-0.25, -0.2) is 9.97 Å². The van der Waals surface area contributed by atoms with Gasteiger partial charge in [-0.05, 0) is 37.0 Å². The number of amides is 1. The number of hydrogen-bond donors (Lipinski definition) is 1. The lowest BCUT2D eigenvalue weighted by Gasteiger charge is -2.28. The highest BCUT2D eigenvalue weighted by atomic mass is 32.2. The Labute approximate surface area is 146 Å². The van der Waals surface area contributed by atoms with Gasteiger partial charge < -0.3 is 14.8 Å². The molecule has 1 aliphatic carbocycles. The number of fused-ring (bicyclic) bond motifs is 2. The van der Waals surface area contributed by atoms with E-state index in [2.05, 4.69) is 31.8 Å². The first-order chi connectivity index (χ1) is 11.7. The summed E-state index contributed by atoms with van der Waals surface area (Å²) in [6.45, 7) is 1.86. The number of thioether (sulfide) groups is 1. The number of aromatic nitrogens is 3. The van der Waals surface area contributed by atoms with Gasteiger partial charge in [-0.15, -0.1) is 0 Å². The number of nitrogens with one attached hydrogen (secondary N) is 1. The van der Waals surface area contributed by atoms with E-state index < -0.39 is 0 Å². The number of carbonyl (C=O) groups is 1. The van der Waals surface area contributed by atoms with Crippen LogP contribution in [0.5, 0.6) is 0 Å². The summed E-state index contributed by atoms with van der Waals surface area (Å²) in [5, 5.41) is 1.08. The summed E-state index contributed by atoms with van der Waals surface area (Å²) in [5.74, 6) is 3.17. The molecule has 1 amide bonds. The van der Waals surface area contributed by atoms with Gasteiger partial charge in [-0.1, -0.05) is 0 Å². The predicted molar refractivity (Wildman–Crippen MR) is 97.3 cm³/mol. The number of rotatable bonds is 4.